The Morgan fingerprint density at radius 1 is 1.12 bits per heavy atom. The zero-order valence-electron chi connectivity index (χ0n) is 15.2. The molecule has 1 saturated carbocycles. The van der Waals surface area contributed by atoms with Crippen molar-refractivity contribution in [2.75, 3.05) is 33.0 Å². The lowest BCUT2D eigenvalue weighted by molar-refractivity contribution is -0.145. The van der Waals surface area contributed by atoms with Crippen LogP contribution < -0.4 is 14.2 Å². The molecule has 5 rings (SSSR count). The maximum Gasteiger partial charge on any atom is 0.263 e. The van der Waals surface area contributed by atoms with E-state index in [0.717, 1.165) is 30.7 Å². The van der Waals surface area contributed by atoms with Crippen molar-refractivity contribution >= 4 is 5.91 Å². The van der Waals surface area contributed by atoms with Crippen molar-refractivity contribution in [1.82, 2.24) is 9.80 Å². The first-order valence-electron chi connectivity index (χ1n) is 9.76. The Kier molecular flexibility index (Phi) is 3.96. The molecule has 0 bridgehead atoms. The fourth-order valence-electron chi connectivity index (χ4n) is 4.90. The van der Waals surface area contributed by atoms with E-state index < -0.39 is 6.10 Å². The van der Waals surface area contributed by atoms with Crippen LogP contribution in [0.15, 0.2) is 18.2 Å². The summed E-state index contributed by atoms with van der Waals surface area (Å²) in [5.74, 6) is 3.92. The van der Waals surface area contributed by atoms with Crippen LogP contribution in [0, 0.1) is 11.8 Å². The van der Waals surface area contributed by atoms with Gasteiger partial charge in [0.2, 0.25) is 6.79 Å². The van der Waals surface area contributed by atoms with Crippen LogP contribution in [-0.4, -0.2) is 60.8 Å². The Bertz CT molecular complexity index is 691. The number of fused-ring (bicyclic) bond motifs is 2. The van der Waals surface area contributed by atoms with Gasteiger partial charge in [-0.3, -0.25) is 9.69 Å². The molecule has 3 fully saturated rings. The maximum atomic E-state index is 12.6. The van der Waals surface area contributed by atoms with E-state index >= 15 is 0 Å². The van der Waals surface area contributed by atoms with E-state index in [-0.39, 0.29) is 12.7 Å². The van der Waals surface area contributed by atoms with E-state index in [4.69, 9.17) is 14.2 Å². The fraction of sp³-hybridized carbons (Fsp3) is 0.650. The minimum Gasteiger partial charge on any atom is -0.481 e. The van der Waals surface area contributed by atoms with Crippen LogP contribution in [0.5, 0.6) is 17.2 Å². The number of amides is 1. The molecule has 140 valence electrons. The first-order valence-corrected chi connectivity index (χ1v) is 9.76. The van der Waals surface area contributed by atoms with E-state index in [2.05, 4.69) is 4.90 Å². The SMILES string of the molecule is CC(Oc1ccc2c(c1)OCO2)C(=O)N1CC(N2CC3CCCC3C2)C1. The van der Waals surface area contributed by atoms with Crippen LogP contribution in [-0.2, 0) is 4.79 Å². The lowest BCUT2D eigenvalue weighted by Gasteiger charge is -2.45. The van der Waals surface area contributed by atoms with Crippen molar-refractivity contribution in [3.05, 3.63) is 18.2 Å². The molecule has 0 aromatic heterocycles. The molecule has 1 aromatic rings. The number of carbonyl (C=O) groups is 1. The number of benzene rings is 1. The molecule has 3 heterocycles. The van der Waals surface area contributed by atoms with Crippen molar-refractivity contribution in [2.45, 2.75) is 38.3 Å². The average Bonchev–Trinajstić information content (AvgIpc) is 3.28. The van der Waals surface area contributed by atoms with Gasteiger partial charge in [0.1, 0.15) is 5.75 Å². The second-order valence-corrected chi connectivity index (χ2v) is 8.08. The van der Waals surface area contributed by atoms with Gasteiger partial charge in [-0.15, -0.1) is 0 Å². The number of hydrogen-bond donors (Lipinski definition) is 0. The Morgan fingerprint density at radius 2 is 1.85 bits per heavy atom. The van der Waals surface area contributed by atoms with Gasteiger partial charge in [0.05, 0.1) is 0 Å². The van der Waals surface area contributed by atoms with Gasteiger partial charge in [0.15, 0.2) is 17.6 Å². The highest BCUT2D eigenvalue weighted by Gasteiger charge is 2.43. The number of likely N-dealkylation sites (tertiary alicyclic amines) is 2. The molecule has 0 N–H and O–H groups in total. The van der Waals surface area contributed by atoms with Crippen molar-refractivity contribution < 1.29 is 19.0 Å². The molecule has 6 nitrogen and oxygen atoms in total. The lowest BCUT2D eigenvalue weighted by Crippen LogP contribution is -2.62. The van der Waals surface area contributed by atoms with Gasteiger partial charge in [0.25, 0.3) is 5.91 Å². The predicted molar refractivity (Wildman–Crippen MR) is 95.4 cm³/mol. The molecule has 3 aliphatic heterocycles. The third-order valence-electron chi connectivity index (χ3n) is 6.45. The van der Waals surface area contributed by atoms with E-state index in [0.29, 0.717) is 17.5 Å². The molecular weight excluding hydrogens is 332 g/mol. The Morgan fingerprint density at radius 3 is 2.62 bits per heavy atom. The summed E-state index contributed by atoms with van der Waals surface area (Å²) in [5, 5.41) is 0. The smallest absolute Gasteiger partial charge is 0.263 e. The summed E-state index contributed by atoms with van der Waals surface area (Å²) in [5.41, 5.74) is 0. The van der Waals surface area contributed by atoms with Gasteiger partial charge in [-0.25, -0.2) is 0 Å². The number of ether oxygens (including phenoxy) is 3. The highest BCUT2D eigenvalue weighted by atomic mass is 16.7. The summed E-state index contributed by atoms with van der Waals surface area (Å²) in [6.07, 6.45) is 3.72. The summed E-state index contributed by atoms with van der Waals surface area (Å²) >= 11 is 0. The molecular formula is C20H26N2O4. The highest BCUT2D eigenvalue weighted by molar-refractivity contribution is 5.81. The van der Waals surface area contributed by atoms with Gasteiger partial charge in [-0.1, -0.05) is 6.42 Å². The third-order valence-corrected chi connectivity index (χ3v) is 6.45. The Labute approximate surface area is 154 Å². The summed E-state index contributed by atoms with van der Waals surface area (Å²) in [7, 11) is 0. The second kappa shape index (κ2) is 6.34. The maximum absolute atomic E-state index is 12.6. The first-order chi connectivity index (χ1) is 12.7. The van der Waals surface area contributed by atoms with E-state index in [1.54, 1.807) is 6.07 Å². The molecule has 26 heavy (non-hydrogen) atoms. The lowest BCUT2D eigenvalue weighted by atomic mass is 10.0. The van der Waals surface area contributed by atoms with Gasteiger partial charge in [-0.2, -0.15) is 0 Å². The second-order valence-electron chi connectivity index (χ2n) is 8.08. The molecule has 0 radical (unpaired) electrons. The Balaban J connectivity index is 1.13. The van der Waals surface area contributed by atoms with E-state index in [9.17, 15) is 4.79 Å². The monoisotopic (exact) mass is 358 g/mol. The van der Waals surface area contributed by atoms with Crippen molar-refractivity contribution in [3.8, 4) is 17.2 Å². The summed E-state index contributed by atoms with van der Waals surface area (Å²) in [6, 6.07) is 5.97. The zero-order chi connectivity index (χ0) is 17.7. The van der Waals surface area contributed by atoms with Crippen LogP contribution in [0.3, 0.4) is 0 Å². The molecule has 1 aromatic carbocycles. The molecule has 6 heteroatoms. The van der Waals surface area contributed by atoms with Crippen LogP contribution in [0.25, 0.3) is 0 Å². The number of rotatable bonds is 4. The highest BCUT2D eigenvalue weighted by Crippen LogP contribution is 2.39. The average molecular weight is 358 g/mol. The molecule has 0 spiro atoms. The molecule has 1 amide bonds. The van der Waals surface area contributed by atoms with Crippen LogP contribution in [0.1, 0.15) is 26.2 Å². The van der Waals surface area contributed by atoms with Crippen molar-refractivity contribution in [1.29, 1.82) is 0 Å². The van der Waals surface area contributed by atoms with Crippen LogP contribution >= 0.6 is 0 Å². The summed E-state index contributed by atoms with van der Waals surface area (Å²) in [4.78, 5) is 17.2. The molecule has 3 atom stereocenters. The largest absolute Gasteiger partial charge is 0.481 e. The normalized spacial score (nSPS) is 28.7. The van der Waals surface area contributed by atoms with Crippen LogP contribution in [0.4, 0.5) is 0 Å². The minimum absolute atomic E-state index is 0.0679. The quantitative estimate of drug-likeness (QED) is 0.825. The summed E-state index contributed by atoms with van der Waals surface area (Å²) < 4.78 is 16.5. The fourth-order valence-corrected chi connectivity index (χ4v) is 4.90. The van der Waals surface area contributed by atoms with E-state index in [1.807, 2.05) is 24.0 Å². The number of nitrogens with zero attached hydrogens (tertiary/aromatic N) is 2. The summed E-state index contributed by atoms with van der Waals surface area (Å²) in [6.45, 7) is 6.21. The molecule has 2 saturated heterocycles. The molecule has 3 unspecified atom stereocenters. The van der Waals surface area contributed by atoms with Gasteiger partial charge in [-0.05, 0) is 43.7 Å². The number of carbonyl (C=O) groups excluding carboxylic acids is 1. The molecule has 1 aliphatic carbocycles. The van der Waals surface area contributed by atoms with Crippen molar-refractivity contribution in [2.24, 2.45) is 11.8 Å². The van der Waals surface area contributed by atoms with Gasteiger partial charge in [0, 0.05) is 38.3 Å². The van der Waals surface area contributed by atoms with Crippen molar-refractivity contribution in [3.63, 3.8) is 0 Å². The van der Waals surface area contributed by atoms with Gasteiger partial charge >= 0.3 is 0 Å². The number of hydrogen-bond acceptors (Lipinski definition) is 5. The Hall–Kier alpha value is -1.95. The van der Waals surface area contributed by atoms with Gasteiger partial charge < -0.3 is 19.1 Å². The molecule has 4 aliphatic rings. The predicted octanol–water partition coefficient (Wildman–Crippen LogP) is 2.13. The topological polar surface area (TPSA) is 51.2 Å². The minimum atomic E-state index is -0.491. The van der Waals surface area contributed by atoms with E-state index in [1.165, 1.54) is 32.4 Å². The third kappa shape index (κ3) is 2.80. The van der Waals surface area contributed by atoms with Crippen LogP contribution in [0.2, 0.25) is 0 Å². The standard InChI is InChI=1S/C20H26N2O4/c1-13(26-17-5-6-18-19(7-17)25-12-24-18)20(23)22-10-16(11-22)21-8-14-3-2-4-15(14)9-21/h5-7,13-16H,2-4,8-12H2,1H3. The first kappa shape index (κ1) is 16.2. The zero-order valence-corrected chi connectivity index (χ0v) is 15.2.